The number of aliphatic hydroxyl groups excluding tert-OH is 1. The first-order valence-electron chi connectivity index (χ1n) is 4.27. The van der Waals surface area contributed by atoms with Gasteiger partial charge in [-0.25, -0.2) is 0 Å². The fraction of sp³-hybridized carbons (Fsp3) is 0.200. The average Bonchev–Trinajstić information content (AvgIpc) is 2.77. The summed E-state index contributed by atoms with van der Waals surface area (Å²) in [5, 5.41) is 11.0. The highest BCUT2D eigenvalue weighted by atomic mass is 79.9. The van der Waals surface area contributed by atoms with Crippen molar-refractivity contribution in [1.29, 1.82) is 0 Å². The summed E-state index contributed by atoms with van der Waals surface area (Å²) in [4.78, 5) is 1.30. The lowest BCUT2D eigenvalue weighted by Gasteiger charge is -2.00. The lowest BCUT2D eigenvalue weighted by Crippen LogP contribution is -1.94. The molecule has 0 saturated carbocycles. The van der Waals surface area contributed by atoms with E-state index in [0.717, 1.165) is 16.6 Å². The summed E-state index contributed by atoms with van der Waals surface area (Å²) in [6.45, 7) is 0.969. The third-order valence-corrected chi connectivity index (χ3v) is 3.92. The van der Waals surface area contributed by atoms with Crippen molar-refractivity contribution in [3.8, 4) is 0 Å². The van der Waals surface area contributed by atoms with Gasteiger partial charge in [-0.05, 0) is 39.0 Å². The van der Waals surface area contributed by atoms with Gasteiger partial charge in [-0.1, -0.05) is 0 Å². The van der Waals surface area contributed by atoms with E-state index >= 15 is 0 Å². The zero-order chi connectivity index (χ0) is 9.97. The summed E-state index contributed by atoms with van der Waals surface area (Å²) in [5.74, 6) is 0. The van der Waals surface area contributed by atoms with Crippen LogP contribution in [-0.2, 0) is 13.2 Å². The SMILES string of the molecule is OCc1ccn(Cc2sccc2Br)c1. The van der Waals surface area contributed by atoms with Crippen LogP contribution in [0.15, 0.2) is 34.4 Å². The summed E-state index contributed by atoms with van der Waals surface area (Å²) < 4.78 is 3.23. The Labute approximate surface area is 94.9 Å². The highest BCUT2D eigenvalue weighted by Gasteiger charge is 2.02. The van der Waals surface area contributed by atoms with Gasteiger partial charge in [-0.3, -0.25) is 0 Å². The van der Waals surface area contributed by atoms with Crippen LogP contribution in [0.2, 0.25) is 0 Å². The third kappa shape index (κ3) is 2.08. The fourth-order valence-electron chi connectivity index (χ4n) is 1.29. The Hall–Kier alpha value is -0.580. The molecule has 74 valence electrons. The van der Waals surface area contributed by atoms with Gasteiger partial charge in [0.1, 0.15) is 0 Å². The molecule has 2 aromatic rings. The molecule has 0 saturated heterocycles. The molecular weight excluding hydrogens is 262 g/mol. The molecule has 0 amide bonds. The van der Waals surface area contributed by atoms with Crippen LogP contribution in [0.1, 0.15) is 10.4 Å². The van der Waals surface area contributed by atoms with Gasteiger partial charge >= 0.3 is 0 Å². The molecule has 0 atom stereocenters. The van der Waals surface area contributed by atoms with Crippen molar-refractivity contribution in [2.24, 2.45) is 0 Å². The summed E-state index contributed by atoms with van der Waals surface area (Å²) in [6.07, 6.45) is 3.95. The minimum atomic E-state index is 0.110. The first-order chi connectivity index (χ1) is 6.79. The van der Waals surface area contributed by atoms with Crippen molar-refractivity contribution in [3.63, 3.8) is 0 Å². The molecule has 2 nitrogen and oxygen atoms in total. The van der Waals surface area contributed by atoms with Gasteiger partial charge in [-0.2, -0.15) is 0 Å². The molecule has 1 N–H and O–H groups in total. The van der Waals surface area contributed by atoms with Gasteiger partial charge in [-0.15, -0.1) is 11.3 Å². The molecule has 2 rings (SSSR count). The van der Waals surface area contributed by atoms with E-state index in [4.69, 9.17) is 5.11 Å². The largest absolute Gasteiger partial charge is 0.392 e. The summed E-state index contributed by atoms with van der Waals surface area (Å²) in [6, 6.07) is 3.98. The van der Waals surface area contributed by atoms with Crippen molar-refractivity contribution in [3.05, 3.63) is 44.8 Å². The molecule has 4 heteroatoms. The minimum absolute atomic E-state index is 0.110. The normalized spacial score (nSPS) is 10.7. The number of halogens is 1. The molecule has 0 aliphatic carbocycles. The Morgan fingerprint density at radius 1 is 1.43 bits per heavy atom. The van der Waals surface area contributed by atoms with Crippen LogP contribution in [0.4, 0.5) is 0 Å². The molecule has 0 bridgehead atoms. The molecule has 0 spiro atoms. The minimum Gasteiger partial charge on any atom is -0.392 e. The summed E-state index contributed by atoms with van der Waals surface area (Å²) in [7, 11) is 0. The van der Waals surface area contributed by atoms with Crippen molar-refractivity contribution in [2.45, 2.75) is 13.2 Å². The Morgan fingerprint density at radius 3 is 2.86 bits per heavy atom. The standard InChI is InChI=1S/C10H10BrNOS/c11-9-2-4-14-10(9)6-12-3-1-8(5-12)7-13/h1-5,13H,6-7H2. The number of aliphatic hydroxyl groups is 1. The molecule has 2 heterocycles. The molecular formula is C10H10BrNOS. The molecule has 14 heavy (non-hydrogen) atoms. The molecule has 0 radical (unpaired) electrons. The zero-order valence-corrected chi connectivity index (χ0v) is 9.88. The number of rotatable bonds is 3. The Bertz CT molecular complexity index is 421. The Morgan fingerprint density at radius 2 is 2.29 bits per heavy atom. The van der Waals surface area contributed by atoms with Crippen LogP contribution in [0.3, 0.4) is 0 Å². The molecule has 0 aliphatic heterocycles. The van der Waals surface area contributed by atoms with Gasteiger partial charge < -0.3 is 9.67 Å². The second kappa shape index (κ2) is 4.29. The Kier molecular flexibility index (Phi) is 3.05. The van der Waals surface area contributed by atoms with E-state index < -0.39 is 0 Å². The van der Waals surface area contributed by atoms with E-state index in [2.05, 4.69) is 31.9 Å². The van der Waals surface area contributed by atoms with E-state index in [1.807, 2.05) is 18.5 Å². The summed E-state index contributed by atoms with van der Waals surface area (Å²) in [5.41, 5.74) is 0.956. The maximum absolute atomic E-state index is 8.91. The number of hydrogen-bond donors (Lipinski definition) is 1. The number of nitrogens with zero attached hydrogens (tertiary/aromatic N) is 1. The second-order valence-corrected chi connectivity index (χ2v) is 4.90. The first kappa shape index (κ1) is 9.96. The number of aromatic nitrogens is 1. The summed E-state index contributed by atoms with van der Waals surface area (Å²) >= 11 is 5.23. The van der Waals surface area contributed by atoms with Gasteiger partial charge in [0.2, 0.25) is 0 Å². The van der Waals surface area contributed by atoms with Crippen LogP contribution < -0.4 is 0 Å². The predicted octanol–water partition coefficient (Wildman–Crippen LogP) is 2.85. The van der Waals surface area contributed by atoms with E-state index in [-0.39, 0.29) is 6.61 Å². The van der Waals surface area contributed by atoms with Crippen molar-refractivity contribution >= 4 is 27.3 Å². The van der Waals surface area contributed by atoms with Gasteiger partial charge in [0.15, 0.2) is 0 Å². The van der Waals surface area contributed by atoms with Crippen LogP contribution in [-0.4, -0.2) is 9.67 Å². The van der Waals surface area contributed by atoms with E-state index in [1.54, 1.807) is 11.3 Å². The smallest absolute Gasteiger partial charge is 0.0696 e. The molecule has 2 aromatic heterocycles. The molecule has 0 aromatic carbocycles. The van der Waals surface area contributed by atoms with Crippen molar-refractivity contribution in [2.75, 3.05) is 0 Å². The number of hydrogen-bond acceptors (Lipinski definition) is 2. The topological polar surface area (TPSA) is 25.2 Å². The molecule has 0 unspecified atom stereocenters. The van der Waals surface area contributed by atoms with Gasteiger partial charge in [0, 0.05) is 21.7 Å². The quantitative estimate of drug-likeness (QED) is 0.913. The maximum Gasteiger partial charge on any atom is 0.0696 e. The fourth-order valence-corrected chi connectivity index (χ4v) is 2.77. The van der Waals surface area contributed by atoms with E-state index in [9.17, 15) is 0 Å². The van der Waals surface area contributed by atoms with Crippen molar-refractivity contribution < 1.29 is 5.11 Å². The van der Waals surface area contributed by atoms with Crippen LogP contribution in [0.25, 0.3) is 0 Å². The van der Waals surface area contributed by atoms with E-state index in [0.29, 0.717) is 0 Å². The first-order valence-corrected chi connectivity index (χ1v) is 5.94. The van der Waals surface area contributed by atoms with Crippen molar-refractivity contribution in [1.82, 2.24) is 4.57 Å². The second-order valence-electron chi connectivity index (χ2n) is 3.04. The van der Waals surface area contributed by atoms with Gasteiger partial charge in [0.05, 0.1) is 13.2 Å². The highest BCUT2D eigenvalue weighted by Crippen LogP contribution is 2.23. The monoisotopic (exact) mass is 271 g/mol. The van der Waals surface area contributed by atoms with Gasteiger partial charge in [0.25, 0.3) is 0 Å². The van der Waals surface area contributed by atoms with E-state index in [1.165, 1.54) is 4.88 Å². The maximum atomic E-state index is 8.91. The predicted molar refractivity (Wildman–Crippen MR) is 61.5 cm³/mol. The lowest BCUT2D eigenvalue weighted by molar-refractivity contribution is 0.282. The Balaban J connectivity index is 2.15. The average molecular weight is 272 g/mol. The third-order valence-electron chi connectivity index (χ3n) is 2.01. The number of thiophene rings is 1. The zero-order valence-electron chi connectivity index (χ0n) is 7.48. The lowest BCUT2D eigenvalue weighted by atomic mass is 10.4. The van der Waals surface area contributed by atoms with Crippen LogP contribution >= 0.6 is 27.3 Å². The molecule has 0 aliphatic rings. The van der Waals surface area contributed by atoms with Crippen LogP contribution in [0, 0.1) is 0 Å². The van der Waals surface area contributed by atoms with Crippen LogP contribution in [0.5, 0.6) is 0 Å². The highest BCUT2D eigenvalue weighted by molar-refractivity contribution is 9.10. The molecule has 0 fully saturated rings.